The topological polar surface area (TPSA) is 113 Å². The zero-order valence-electron chi connectivity index (χ0n) is 13.4. The molecule has 8 nitrogen and oxygen atoms in total. The molecule has 0 fully saturated rings. The SMILES string of the molecule is Cc1cc(-c2cc3c(=O)n(NS(C)=O)c(=O)[nH]c3cc2C(F)(F)F)n[nH]1. The fourth-order valence-electron chi connectivity index (χ4n) is 2.48. The molecular formula is C14H12F3N5O3S. The molecule has 0 aliphatic heterocycles. The van der Waals surface area contributed by atoms with E-state index in [-0.39, 0.29) is 22.2 Å². The van der Waals surface area contributed by atoms with Gasteiger partial charge in [0.25, 0.3) is 5.56 Å². The fraction of sp³-hybridized carbons (Fsp3) is 0.214. The zero-order valence-corrected chi connectivity index (χ0v) is 14.2. The maximum Gasteiger partial charge on any atom is 0.417 e. The van der Waals surface area contributed by atoms with Crippen LogP contribution >= 0.6 is 0 Å². The third-order valence-corrected chi connectivity index (χ3v) is 3.98. The predicted molar refractivity (Wildman–Crippen MR) is 89.6 cm³/mol. The number of aryl methyl sites for hydroxylation is 1. The monoisotopic (exact) mass is 387 g/mol. The lowest BCUT2D eigenvalue weighted by Gasteiger charge is -2.13. The Morgan fingerprint density at radius 2 is 1.92 bits per heavy atom. The second-order valence-corrected chi connectivity index (χ2v) is 6.58. The fourth-order valence-corrected chi connectivity index (χ4v) is 2.90. The molecule has 0 radical (unpaired) electrons. The summed E-state index contributed by atoms with van der Waals surface area (Å²) in [6, 6.07) is 3.09. The van der Waals surface area contributed by atoms with Crippen molar-refractivity contribution in [2.75, 3.05) is 11.1 Å². The summed E-state index contributed by atoms with van der Waals surface area (Å²) in [5, 5.41) is 6.17. The minimum Gasteiger partial charge on any atom is -0.305 e. The van der Waals surface area contributed by atoms with Gasteiger partial charge in [-0.15, -0.1) is 0 Å². The van der Waals surface area contributed by atoms with Crippen molar-refractivity contribution < 1.29 is 17.4 Å². The van der Waals surface area contributed by atoms with Crippen molar-refractivity contribution in [3.63, 3.8) is 0 Å². The van der Waals surface area contributed by atoms with E-state index in [0.717, 1.165) is 6.07 Å². The van der Waals surface area contributed by atoms with Crippen molar-refractivity contribution in [3.8, 4) is 11.3 Å². The average molecular weight is 387 g/mol. The van der Waals surface area contributed by atoms with E-state index >= 15 is 0 Å². The summed E-state index contributed by atoms with van der Waals surface area (Å²) in [4.78, 5) is 28.7. The molecule has 0 bridgehead atoms. The molecule has 26 heavy (non-hydrogen) atoms. The van der Waals surface area contributed by atoms with Crippen molar-refractivity contribution in [1.82, 2.24) is 19.9 Å². The molecule has 0 spiro atoms. The normalized spacial score (nSPS) is 13.1. The van der Waals surface area contributed by atoms with Gasteiger partial charge in [-0.2, -0.15) is 22.9 Å². The Labute approximate surface area is 145 Å². The summed E-state index contributed by atoms with van der Waals surface area (Å²) in [6.45, 7) is 1.62. The van der Waals surface area contributed by atoms with Crippen molar-refractivity contribution in [3.05, 3.63) is 50.3 Å². The van der Waals surface area contributed by atoms with E-state index in [0.29, 0.717) is 16.4 Å². The lowest BCUT2D eigenvalue weighted by Crippen LogP contribution is -2.41. The van der Waals surface area contributed by atoms with Gasteiger partial charge in [-0.25, -0.2) is 13.8 Å². The van der Waals surface area contributed by atoms with Gasteiger partial charge in [0.1, 0.15) is 11.0 Å². The Morgan fingerprint density at radius 1 is 1.23 bits per heavy atom. The van der Waals surface area contributed by atoms with Crippen LogP contribution in [0.1, 0.15) is 11.3 Å². The predicted octanol–water partition coefficient (Wildman–Crippen LogP) is 1.24. The Bertz CT molecular complexity index is 1150. The molecule has 0 amide bonds. The average Bonchev–Trinajstić information content (AvgIpc) is 2.96. The number of rotatable bonds is 3. The summed E-state index contributed by atoms with van der Waals surface area (Å²) in [5.41, 5.74) is -3.08. The Morgan fingerprint density at radius 3 is 2.46 bits per heavy atom. The summed E-state index contributed by atoms with van der Waals surface area (Å²) >= 11 is 0. The summed E-state index contributed by atoms with van der Waals surface area (Å²) in [7, 11) is -1.74. The molecule has 3 aromatic rings. The van der Waals surface area contributed by atoms with Crippen LogP contribution in [-0.2, 0) is 17.2 Å². The van der Waals surface area contributed by atoms with Crippen LogP contribution in [0.2, 0.25) is 0 Å². The number of benzene rings is 1. The van der Waals surface area contributed by atoms with E-state index in [1.54, 1.807) is 6.92 Å². The minimum atomic E-state index is -4.73. The van der Waals surface area contributed by atoms with Gasteiger partial charge < -0.3 is 4.98 Å². The number of nitrogens with zero attached hydrogens (tertiary/aromatic N) is 2. The highest BCUT2D eigenvalue weighted by Crippen LogP contribution is 2.38. The third kappa shape index (κ3) is 3.14. The number of fused-ring (bicyclic) bond motifs is 1. The lowest BCUT2D eigenvalue weighted by atomic mass is 10.0. The number of alkyl halides is 3. The molecule has 0 saturated heterocycles. The maximum atomic E-state index is 13.5. The van der Waals surface area contributed by atoms with E-state index in [2.05, 4.69) is 20.0 Å². The standard InChI is InChI=1S/C14H12F3N5O3S/c1-6-3-11(20-19-6)7-4-8-10(5-9(7)14(15,16)17)18-13(24)22(12(8)23)21-26(2)25/h3-5,21H,1-2H3,(H,18,24)(H,19,20). The summed E-state index contributed by atoms with van der Waals surface area (Å²) < 4.78 is 52.1. The van der Waals surface area contributed by atoms with Crippen LogP contribution in [0.4, 0.5) is 13.2 Å². The number of halogens is 3. The van der Waals surface area contributed by atoms with Gasteiger partial charge in [-0.05, 0) is 25.1 Å². The van der Waals surface area contributed by atoms with E-state index in [4.69, 9.17) is 0 Å². The maximum absolute atomic E-state index is 13.5. The van der Waals surface area contributed by atoms with Crippen molar-refractivity contribution in [2.24, 2.45) is 0 Å². The highest BCUT2D eigenvalue weighted by atomic mass is 32.2. The number of nitrogens with one attached hydrogen (secondary N) is 3. The Hall–Kier alpha value is -2.89. The minimum absolute atomic E-state index is 0.000835. The molecule has 138 valence electrons. The van der Waals surface area contributed by atoms with Crippen LogP contribution in [0, 0.1) is 6.92 Å². The van der Waals surface area contributed by atoms with E-state index in [9.17, 15) is 27.0 Å². The Balaban J connectivity index is 2.40. The zero-order chi connectivity index (χ0) is 19.2. The first-order valence-corrected chi connectivity index (χ1v) is 8.66. The van der Waals surface area contributed by atoms with Crippen LogP contribution in [0.5, 0.6) is 0 Å². The molecule has 3 rings (SSSR count). The largest absolute Gasteiger partial charge is 0.417 e. The smallest absolute Gasteiger partial charge is 0.305 e. The molecule has 0 aliphatic carbocycles. The number of aromatic nitrogens is 4. The number of H-pyrrole nitrogens is 2. The van der Waals surface area contributed by atoms with Gasteiger partial charge in [-0.3, -0.25) is 9.89 Å². The van der Waals surface area contributed by atoms with Crippen LogP contribution < -0.4 is 16.1 Å². The molecule has 0 saturated carbocycles. The first-order valence-electron chi connectivity index (χ1n) is 7.10. The van der Waals surface area contributed by atoms with Crippen molar-refractivity contribution in [2.45, 2.75) is 13.1 Å². The van der Waals surface area contributed by atoms with Crippen LogP contribution in [0.25, 0.3) is 22.2 Å². The molecule has 2 aromatic heterocycles. The second kappa shape index (κ2) is 6.12. The van der Waals surface area contributed by atoms with E-state index < -0.39 is 34.0 Å². The highest BCUT2D eigenvalue weighted by molar-refractivity contribution is 7.85. The van der Waals surface area contributed by atoms with Crippen molar-refractivity contribution in [1.29, 1.82) is 0 Å². The van der Waals surface area contributed by atoms with Crippen LogP contribution in [0.3, 0.4) is 0 Å². The molecule has 3 N–H and O–H groups in total. The molecule has 12 heteroatoms. The Kier molecular flexibility index (Phi) is 4.22. The number of hydrogen-bond donors (Lipinski definition) is 3. The molecule has 1 unspecified atom stereocenters. The first kappa shape index (κ1) is 17.9. The number of aromatic amines is 2. The quantitative estimate of drug-likeness (QED) is 0.628. The van der Waals surface area contributed by atoms with Crippen LogP contribution in [0.15, 0.2) is 27.8 Å². The van der Waals surface area contributed by atoms with E-state index in [1.807, 2.05) is 0 Å². The van der Waals surface area contributed by atoms with Gasteiger partial charge in [0.15, 0.2) is 0 Å². The van der Waals surface area contributed by atoms with Crippen molar-refractivity contribution >= 4 is 21.9 Å². The van der Waals surface area contributed by atoms with Crippen LogP contribution in [-0.4, -0.2) is 30.3 Å². The first-order chi connectivity index (χ1) is 12.1. The molecule has 0 aliphatic rings. The van der Waals surface area contributed by atoms with E-state index in [1.165, 1.54) is 12.3 Å². The van der Waals surface area contributed by atoms with Gasteiger partial charge in [0.2, 0.25) is 0 Å². The summed E-state index contributed by atoms with van der Waals surface area (Å²) in [5.74, 6) is 0. The second-order valence-electron chi connectivity index (χ2n) is 5.49. The third-order valence-electron chi connectivity index (χ3n) is 3.54. The number of hydrogen-bond acceptors (Lipinski definition) is 4. The molecular weight excluding hydrogens is 375 g/mol. The molecule has 1 aromatic carbocycles. The molecule has 2 heterocycles. The van der Waals surface area contributed by atoms with Gasteiger partial charge in [0.05, 0.1) is 22.2 Å². The summed E-state index contributed by atoms with van der Waals surface area (Å²) in [6.07, 6.45) is -3.54. The highest BCUT2D eigenvalue weighted by Gasteiger charge is 2.35. The lowest BCUT2D eigenvalue weighted by molar-refractivity contribution is -0.137. The van der Waals surface area contributed by atoms with Gasteiger partial charge in [-0.1, -0.05) is 0 Å². The molecule has 1 atom stereocenters. The van der Waals surface area contributed by atoms with Gasteiger partial charge >= 0.3 is 11.9 Å². The van der Waals surface area contributed by atoms with Gasteiger partial charge in [0, 0.05) is 17.5 Å².